The molecular weight excluding hydrogens is 406 g/mol. The van der Waals surface area contributed by atoms with Crippen molar-refractivity contribution in [2.75, 3.05) is 19.4 Å². The lowest BCUT2D eigenvalue weighted by atomic mass is 10.0. The lowest BCUT2D eigenvalue weighted by molar-refractivity contribution is -0.139. The normalized spacial score (nSPS) is 15.6. The molecule has 0 aliphatic carbocycles. The highest BCUT2D eigenvalue weighted by atomic mass is 32.2. The summed E-state index contributed by atoms with van der Waals surface area (Å²) >= 11 is 0. The van der Waals surface area contributed by atoms with Crippen molar-refractivity contribution in [3.63, 3.8) is 0 Å². The first kappa shape index (κ1) is 21.8. The van der Waals surface area contributed by atoms with Gasteiger partial charge in [-0.15, -0.1) is 0 Å². The van der Waals surface area contributed by atoms with Crippen molar-refractivity contribution in [2.24, 2.45) is 0 Å². The van der Waals surface area contributed by atoms with E-state index in [2.05, 4.69) is 0 Å². The molecule has 7 nitrogen and oxygen atoms in total. The molecule has 2 aromatic rings. The Bertz CT molecular complexity index is 1080. The topological polar surface area (TPSA) is 101 Å². The molecule has 3 rings (SSSR count). The molecule has 1 aliphatic rings. The molecule has 1 N–H and O–H groups in total. The van der Waals surface area contributed by atoms with Crippen molar-refractivity contribution < 1.29 is 27.9 Å². The van der Waals surface area contributed by atoms with E-state index in [1.54, 1.807) is 6.07 Å². The smallest absolute Gasteiger partial charge is 0.324 e. The van der Waals surface area contributed by atoms with Crippen LogP contribution in [0, 0.1) is 0 Å². The average molecular weight is 432 g/mol. The Labute approximate surface area is 176 Å². The van der Waals surface area contributed by atoms with Gasteiger partial charge in [0.15, 0.2) is 14.6 Å². The standard InChI is InChI=1S/C22H25NO6S/c1-4-29-18-8-5-15(6-9-18)16-7-10-19-17(13-16)14-23(20(19)24)12-11-22(2,21(25)26)30(3,27)28/h5-10,13H,4,11-12,14H2,1-3H3,(H,25,26)/t22-/m1/s1. The summed E-state index contributed by atoms with van der Waals surface area (Å²) in [6.45, 7) is 4.06. The number of hydrogen-bond acceptors (Lipinski definition) is 5. The van der Waals surface area contributed by atoms with Gasteiger partial charge < -0.3 is 14.7 Å². The van der Waals surface area contributed by atoms with Crippen LogP contribution in [0.15, 0.2) is 42.5 Å². The van der Waals surface area contributed by atoms with Gasteiger partial charge >= 0.3 is 5.97 Å². The molecule has 0 saturated heterocycles. The molecule has 1 heterocycles. The summed E-state index contributed by atoms with van der Waals surface area (Å²) < 4.78 is 27.5. The first-order chi connectivity index (χ1) is 14.1. The second kappa shape index (κ2) is 8.10. The van der Waals surface area contributed by atoms with E-state index < -0.39 is 20.6 Å². The molecule has 0 spiro atoms. The summed E-state index contributed by atoms with van der Waals surface area (Å²) in [6, 6.07) is 13.3. The van der Waals surface area contributed by atoms with Crippen molar-refractivity contribution >= 4 is 21.7 Å². The number of carbonyl (C=O) groups excluding carboxylic acids is 1. The van der Waals surface area contributed by atoms with Gasteiger partial charge in [0.25, 0.3) is 5.91 Å². The number of fused-ring (bicyclic) bond motifs is 1. The highest BCUT2D eigenvalue weighted by Crippen LogP contribution is 2.31. The van der Waals surface area contributed by atoms with Crippen LogP contribution in [0.2, 0.25) is 0 Å². The second-order valence-electron chi connectivity index (χ2n) is 7.61. The van der Waals surface area contributed by atoms with E-state index in [4.69, 9.17) is 4.74 Å². The molecule has 2 aromatic carbocycles. The van der Waals surface area contributed by atoms with Crippen molar-refractivity contribution in [1.29, 1.82) is 0 Å². The van der Waals surface area contributed by atoms with Gasteiger partial charge in [0.05, 0.1) is 6.61 Å². The van der Waals surface area contributed by atoms with Crippen molar-refractivity contribution in [3.05, 3.63) is 53.6 Å². The number of nitrogens with zero attached hydrogens (tertiary/aromatic N) is 1. The number of carboxylic acids is 1. The summed E-state index contributed by atoms with van der Waals surface area (Å²) in [7, 11) is -3.84. The monoisotopic (exact) mass is 431 g/mol. The minimum absolute atomic E-state index is 0.0434. The SMILES string of the molecule is CCOc1ccc(-c2ccc3c(c2)CN(CC[C@](C)(C(=O)O)S(C)(=O)=O)C3=O)cc1. The van der Waals surface area contributed by atoms with E-state index in [9.17, 15) is 23.1 Å². The molecule has 160 valence electrons. The third-order valence-electron chi connectivity index (χ3n) is 5.61. The third kappa shape index (κ3) is 4.05. The predicted molar refractivity (Wildman–Crippen MR) is 113 cm³/mol. The quantitative estimate of drug-likeness (QED) is 0.690. The fourth-order valence-corrected chi connectivity index (χ4v) is 4.23. The molecule has 0 unspecified atom stereocenters. The summed E-state index contributed by atoms with van der Waals surface area (Å²) in [5.74, 6) is -0.840. The Morgan fingerprint density at radius 2 is 1.80 bits per heavy atom. The van der Waals surface area contributed by atoms with Crippen LogP contribution in [0.1, 0.15) is 36.2 Å². The highest BCUT2D eigenvalue weighted by Gasteiger charge is 2.44. The maximum atomic E-state index is 12.7. The summed E-state index contributed by atoms with van der Waals surface area (Å²) in [6.07, 6.45) is 0.734. The Morgan fingerprint density at radius 3 is 2.37 bits per heavy atom. The maximum absolute atomic E-state index is 12.7. The number of ether oxygens (including phenoxy) is 1. The maximum Gasteiger partial charge on any atom is 0.324 e. The van der Waals surface area contributed by atoms with E-state index >= 15 is 0 Å². The summed E-state index contributed by atoms with van der Waals surface area (Å²) in [5, 5.41) is 9.41. The van der Waals surface area contributed by atoms with Crippen molar-refractivity contribution in [2.45, 2.75) is 31.6 Å². The lowest BCUT2D eigenvalue weighted by Crippen LogP contribution is -2.45. The van der Waals surface area contributed by atoms with Gasteiger partial charge in [-0.3, -0.25) is 9.59 Å². The molecule has 30 heavy (non-hydrogen) atoms. The Morgan fingerprint density at radius 1 is 1.17 bits per heavy atom. The minimum Gasteiger partial charge on any atom is -0.494 e. The number of carbonyl (C=O) groups is 2. The fraction of sp³-hybridized carbons (Fsp3) is 0.364. The number of amides is 1. The first-order valence-corrected chi connectivity index (χ1v) is 11.5. The Hall–Kier alpha value is -2.87. The molecule has 0 bridgehead atoms. The summed E-state index contributed by atoms with van der Waals surface area (Å²) in [4.78, 5) is 25.8. The van der Waals surface area contributed by atoms with Gasteiger partial charge in [0.2, 0.25) is 0 Å². The van der Waals surface area contributed by atoms with Gasteiger partial charge in [-0.05, 0) is 61.2 Å². The van der Waals surface area contributed by atoms with Crippen LogP contribution in [-0.2, 0) is 21.2 Å². The van der Waals surface area contributed by atoms with E-state index in [-0.39, 0.29) is 18.9 Å². The number of hydrogen-bond donors (Lipinski definition) is 1. The van der Waals surface area contributed by atoms with Gasteiger partial charge in [0.1, 0.15) is 5.75 Å². The van der Waals surface area contributed by atoms with Crippen LogP contribution in [0.3, 0.4) is 0 Å². The van der Waals surface area contributed by atoms with Crippen LogP contribution < -0.4 is 4.74 Å². The number of benzene rings is 2. The first-order valence-electron chi connectivity index (χ1n) is 9.65. The van der Waals surface area contributed by atoms with Crippen LogP contribution in [0.4, 0.5) is 0 Å². The Kier molecular flexibility index (Phi) is 5.90. The van der Waals surface area contributed by atoms with Gasteiger partial charge in [-0.2, -0.15) is 0 Å². The second-order valence-corrected chi connectivity index (χ2v) is 10.1. The minimum atomic E-state index is -3.84. The average Bonchev–Trinajstić information content (AvgIpc) is 3.01. The molecule has 1 atom stereocenters. The zero-order valence-corrected chi connectivity index (χ0v) is 18.0. The zero-order valence-electron chi connectivity index (χ0n) is 17.2. The summed E-state index contributed by atoms with van der Waals surface area (Å²) in [5.41, 5.74) is 3.34. The molecule has 0 saturated carbocycles. The van der Waals surface area contributed by atoms with E-state index in [0.29, 0.717) is 18.7 Å². The van der Waals surface area contributed by atoms with Crippen LogP contribution in [0.5, 0.6) is 5.75 Å². The predicted octanol–water partition coefficient (Wildman–Crippen LogP) is 2.99. The molecule has 8 heteroatoms. The zero-order chi connectivity index (χ0) is 22.1. The number of sulfone groups is 1. The van der Waals surface area contributed by atoms with Crippen LogP contribution >= 0.6 is 0 Å². The molecule has 0 fully saturated rings. The highest BCUT2D eigenvalue weighted by molar-refractivity contribution is 7.92. The third-order valence-corrected chi connectivity index (χ3v) is 7.63. The molecule has 1 aliphatic heterocycles. The van der Waals surface area contributed by atoms with Crippen molar-refractivity contribution in [3.8, 4) is 16.9 Å². The van der Waals surface area contributed by atoms with E-state index in [1.165, 1.54) is 11.8 Å². The largest absolute Gasteiger partial charge is 0.494 e. The molecule has 0 radical (unpaired) electrons. The fourth-order valence-electron chi connectivity index (χ4n) is 3.45. The Balaban J connectivity index is 1.77. The number of carboxylic acid groups (broad SMARTS) is 1. The van der Waals surface area contributed by atoms with Gasteiger partial charge in [-0.1, -0.05) is 18.2 Å². The van der Waals surface area contributed by atoms with Crippen molar-refractivity contribution in [1.82, 2.24) is 4.90 Å². The molecule has 1 amide bonds. The van der Waals surface area contributed by atoms with Gasteiger partial charge in [-0.25, -0.2) is 8.42 Å². The van der Waals surface area contributed by atoms with Crippen LogP contribution in [-0.4, -0.2) is 54.5 Å². The number of rotatable bonds is 8. The molecule has 0 aromatic heterocycles. The van der Waals surface area contributed by atoms with Gasteiger partial charge in [0, 0.05) is 24.9 Å². The lowest BCUT2D eigenvalue weighted by Gasteiger charge is -2.25. The van der Waals surface area contributed by atoms with Crippen LogP contribution in [0.25, 0.3) is 11.1 Å². The number of aliphatic carboxylic acids is 1. The van der Waals surface area contributed by atoms with E-state index in [1.807, 2.05) is 43.3 Å². The van der Waals surface area contributed by atoms with E-state index in [0.717, 1.165) is 28.7 Å². The molecular formula is C22H25NO6S.